The maximum Gasteiger partial charge on any atom is 0.315 e. The summed E-state index contributed by atoms with van der Waals surface area (Å²) in [5, 5.41) is 5.91. The predicted octanol–water partition coefficient (Wildman–Crippen LogP) is 3.94. The molecule has 1 fully saturated rings. The van der Waals surface area contributed by atoms with Gasteiger partial charge in [0.05, 0.1) is 6.04 Å². The number of carbonyl (C=O) groups is 3. The summed E-state index contributed by atoms with van der Waals surface area (Å²) in [5.41, 5.74) is 0.259. The Kier molecular flexibility index (Phi) is 8.27. The first kappa shape index (κ1) is 24.9. The highest BCUT2D eigenvalue weighted by atomic mass is 16.2. The summed E-state index contributed by atoms with van der Waals surface area (Å²) in [7, 11) is 0. The third-order valence-electron chi connectivity index (χ3n) is 5.80. The van der Waals surface area contributed by atoms with Crippen molar-refractivity contribution in [2.24, 2.45) is 10.8 Å². The van der Waals surface area contributed by atoms with E-state index in [2.05, 4.69) is 10.6 Å². The molecule has 6 heteroatoms. The Balaban J connectivity index is 1.81. The van der Waals surface area contributed by atoms with Crippen molar-refractivity contribution in [3.63, 3.8) is 0 Å². The molecule has 3 amide bonds. The van der Waals surface area contributed by atoms with E-state index in [1.165, 1.54) is 5.56 Å². The largest absolute Gasteiger partial charge is 0.343 e. The van der Waals surface area contributed by atoms with Crippen molar-refractivity contribution >= 4 is 17.7 Å². The van der Waals surface area contributed by atoms with Crippen LogP contribution in [0.5, 0.6) is 0 Å². The Morgan fingerprint density at radius 1 is 1.00 bits per heavy atom. The molecule has 172 valence electrons. The van der Waals surface area contributed by atoms with Crippen LogP contribution in [0, 0.1) is 10.8 Å². The topological polar surface area (TPSA) is 78.5 Å². The lowest BCUT2D eigenvalue weighted by atomic mass is 9.76. The van der Waals surface area contributed by atoms with E-state index in [1.807, 2.05) is 76.8 Å². The van der Waals surface area contributed by atoms with E-state index in [0.29, 0.717) is 19.5 Å². The number of hydrogen-bond donors (Lipinski definition) is 2. The van der Waals surface area contributed by atoms with Crippen LogP contribution in [0.3, 0.4) is 0 Å². The molecule has 0 aromatic heterocycles. The number of likely N-dealkylation sites (tertiary alicyclic amines) is 1. The average Bonchev–Trinajstić information content (AvgIpc) is 2.69. The first-order valence-corrected chi connectivity index (χ1v) is 11.3. The van der Waals surface area contributed by atoms with Crippen LogP contribution in [0.4, 0.5) is 4.79 Å². The van der Waals surface area contributed by atoms with Crippen molar-refractivity contribution in [1.29, 1.82) is 0 Å². The molecule has 0 spiro atoms. The fourth-order valence-electron chi connectivity index (χ4n) is 3.79. The van der Waals surface area contributed by atoms with Gasteiger partial charge in [-0.2, -0.15) is 0 Å². The second-order valence-electron chi connectivity index (χ2n) is 10.7. The fourth-order valence-corrected chi connectivity index (χ4v) is 3.79. The van der Waals surface area contributed by atoms with Crippen LogP contribution in [0.15, 0.2) is 30.3 Å². The lowest BCUT2D eigenvalue weighted by Gasteiger charge is -2.36. The van der Waals surface area contributed by atoms with Gasteiger partial charge in [-0.3, -0.25) is 9.59 Å². The van der Waals surface area contributed by atoms with Gasteiger partial charge in [0.1, 0.15) is 0 Å². The Bertz CT molecular complexity index is 754. The monoisotopic (exact) mass is 429 g/mol. The van der Waals surface area contributed by atoms with Crippen LogP contribution in [0.2, 0.25) is 0 Å². The van der Waals surface area contributed by atoms with Crippen LogP contribution < -0.4 is 10.6 Å². The predicted molar refractivity (Wildman–Crippen MR) is 124 cm³/mol. The smallest absolute Gasteiger partial charge is 0.315 e. The van der Waals surface area contributed by atoms with Crippen molar-refractivity contribution in [2.45, 2.75) is 79.3 Å². The summed E-state index contributed by atoms with van der Waals surface area (Å²) in [6, 6.07) is 9.15. The van der Waals surface area contributed by atoms with Gasteiger partial charge in [-0.05, 0) is 30.2 Å². The quantitative estimate of drug-likeness (QED) is 0.719. The number of piperidine rings is 1. The third-order valence-corrected chi connectivity index (χ3v) is 5.80. The molecule has 1 atom stereocenters. The van der Waals surface area contributed by atoms with Crippen LogP contribution >= 0.6 is 0 Å². The van der Waals surface area contributed by atoms with Gasteiger partial charge in [-0.15, -0.1) is 0 Å². The van der Waals surface area contributed by atoms with Gasteiger partial charge < -0.3 is 15.5 Å². The fraction of sp³-hybridized carbons (Fsp3) is 0.640. The van der Waals surface area contributed by atoms with E-state index in [4.69, 9.17) is 0 Å². The molecule has 1 aromatic carbocycles. The number of Topliss-reactive ketones (excluding diaryl/α,β-unsaturated/α-hetero) is 1. The molecule has 1 aliphatic heterocycles. The highest BCUT2D eigenvalue weighted by Gasteiger charge is 2.38. The summed E-state index contributed by atoms with van der Waals surface area (Å²) in [6.07, 6.45) is 2.69. The average molecular weight is 430 g/mol. The number of rotatable bonds is 6. The van der Waals surface area contributed by atoms with Crippen LogP contribution in [-0.2, 0) is 16.0 Å². The third kappa shape index (κ3) is 7.67. The number of aryl methyl sites for hydroxylation is 1. The molecule has 0 aliphatic carbocycles. The minimum absolute atomic E-state index is 0.00327. The van der Waals surface area contributed by atoms with Crippen molar-refractivity contribution in [3.8, 4) is 0 Å². The molecular formula is C25H39N3O3. The van der Waals surface area contributed by atoms with E-state index in [9.17, 15) is 14.4 Å². The maximum absolute atomic E-state index is 12.8. The molecule has 0 bridgehead atoms. The molecule has 1 saturated heterocycles. The van der Waals surface area contributed by atoms with Gasteiger partial charge in [0.15, 0.2) is 5.78 Å². The lowest BCUT2D eigenvalue weighted by molar-refractivity contribution is -0.132. The van der Waals surface area contributed by atoms with Crippen molar-refractivity contribution in [1.82, 2.24) is 15.5 Å². The Morgan fingerprint density at radius 2 is 1.58 bits per heavy atom. The molecule has 6 nitrogen and oxygen atoms in total. The van der Waals surface area contributed by atoms with Crippen LogP contribution in [0.1, 0.15) is 66.4 Å². The van der Waals surface area contributed by atoms with E-state index in [1.54, 1.807) is 0 Å². The zero-order valence-corrected chi connectivity index (χ0v) is 20.0. The SMILES string of the molecule is CC(C)(C)C(=O)C(NC(=O)NC1CCN(C(=O)CCc2ccccc2)CC1)C(C)(C)C. The second-order valence-corrected chi connectivity index (χ2v) is 10.7. The van der Waals surface area contributed by atoms with Gasteiger partial charge >= 0.3 is 6.03 Å². The van der Waals surface area contributed by atoms with E-state index >= 15 is 0 Å². The minimum Gasteiger partial charge on any atom is -0.343 e. The Morgan fingerprint density at radius 3 is 2.10 bits per heavy atom. The highest BCUT2D eigenvalue weighted by molar-refractivity contribution is 5.92. The van der Waals surface area contributed by atoms with Crippen molar-refractivity contribution in [3.05, 3.63) is 35.9 Å². The molecular weight excluding hydrogens is 390 g/mol. The summed E-state index contributed by atoms with van der Waals surface area (Å²) >= 11 is 0. The molecule has 1 aromatic rings. The molecule has 2 N–H and O–H groups in total. The first-order chi connectivity index (χ1) is 14.4. The minimum atomic E-state index is -0.563. The van der Waals surface area contributed by atoms with Gasteiger partial charge in [0, 0.05) is 31.0 Å². The number of nitrogens with one attached hydrogen (secondary N) is 2. The molecule has 0 radical (unpaired) electrons. The van der Waals surface area contributed by atoms with E-state index < -0.39 is 11.5 Å². The van der Waals surface area contributed by atoms with Gasteiger partial charge in [-0.25, -0.2) is 4.79 Å². The summed E-state index contributed by atoms with van der Waals surface area (Å²) < 4.78 is 0. The van der Waals surface area contributed by atoms with Crippen molar-refractivity contribution < 1.29 is 14.4 Å². The van der Waals surface area contributed by atoms with Gasteiger partial charge in [-0.1, -0.05) is 71.9 Å². The van der Waals surface area contributed by atoms with Crippen LogP contribution in [0.25, 0.3) is 0 Å². The second kappa shape index (κ2) is 10.3. The summed E-state index contributed by atoms with van der Waals surface area (Å²) in [4.78, 5) is 39.9. The molecule has 0 saturated carbocycles. The number of urea groups is 1. The zero-order valence-electron chi connectivity index (χ0n) is 20.0. The summed E-state index contributed by atoms with van der Waals surface area (Å²) in [6.45, 7) is 12.8. The molecule has 31 heavy (non-hydrogen) atoms. The number of amides is 3. The normalized spacial score (nSPS) is 16.5. The highest BCUT2D eigenvalue weighted by Crippen LogP contribution is 2.27. The van der Waals surface area contributed by atoms with Crippen molar-refractivity contribution in [2.75, 3.05) is 13.1 Å². The standard InChI is InChI=1S/C25H39N3O3/c1-24(2,3)21(22(30)25(4,5)6)27-23(31)26-19-14-16-28(17-15-19)20(29)13-12-18-10-8-7-9-11-18/h7-11,19,21H,12-17H2,1-6H3,(H2,26,27,31). The first-order valence-electron chi connectivity index (χ1n) is 11.3. The number of nitrogens with zero attached hydrogens (tertiary/aromatic N) is 1. The Hall–Kier alpha value is -2.37. The number of benzene rings is 1. The van der Waals surface area contributed by atoms with E-state index in [0.717, 1.165) is 19.3 Å². The maximum atomic E-state index is 12.8. The van der Waals surface area contributed by atoms with Crippen LogP contribution in [-0.4, -0.2) is 47.8 Å². The molecule has 1 unspecified atom stereocenters. The summed E-state index contributed by atoms with van der Waals surface area (Å²) in [5.74, 6) is 0.185. The van der Waals surface area contributed by atoms with Gasteiger partial charge in [0.25, 0.3) is 0 Å². The molecule has 1 heterocycles. The molecule has 1 aliphatic rings. The number of carbonyl (C=O) groups excluding carboxylic acids is 3. The number of ketones is 1. The lowest BCUT2D eigenvalue weighted by Crippen LogP contribution is -2.57. The zero-order chi connectivity index (χ0) is 23.2. The van der Waals surface area contributed by atoms with E-state index in [-0.39, 0.29) is 29.2 Å². The Labute approximate surface area is 187 Å². The number of hydrogen-bond acceptors (Lipinski definition) is 3. The molecule has 2 rings (SSSR count). The van der Waals surface area contributed by atoms with Gasteiger partial charge in [0.2, 0.25) is 5.91 Å².